The third kappa shape index (κ3) is 8.20. The Bertz CT molecular complexity index is 1140. The van der Waals surface area contributed by atoms with Crippen LogP contribution in [0.4, 0.5) is 10.1 Å². The number of piperidine rings is 1. The zero-order valence-electron chi connectivity index (χ0n) is 23.4. The summed E-state index contributed by atoms with van der Waals surface area (Å²) in [4.78, 5) is 34.1. The summed E-state index contributed by atoms with van der Waals surface area (Å²) in [5, 5.41) is 2.77. The molecule has 0 aromatic heterocycles. The number of ether oxygens (including phenoxy) is 3. The van der Waals surface area contributed by atoms with Crippen LogP contribution in [0.2, 0.25) is 5.02 Å². The van der Waals surface area contributed by atoms with Crippen LogP contribution in [0.3, 0.4) is 0 Å². The number of amides is 1. The highest BCUT2D eigenvalue weighted by molar-refractivity contribution is 6.33. The molecule has 2 atom stereocenters. The maximum atomic E-state index is 14.0. The Kier molecular flexibility index (Phi) is 11.8. The van der Waals surface area contributed by atoms with Gasteiger partial charge in [-0.15, -0.1) is 0 Å². The molecule has 40 heavy (non-hydrogen) atoms. The van der Waals surface area contributed by atoms with Crippen LogP contribution in [0.5, 0.6) is 11.5 Å². The first kappa shape index (κ1) is 31.4. The van der Waals surface area contributed by atoms with Gasteiger partial charge in [0.2, 0.25) is 0 Å². The second kappa shape index (κ2) is 15.0. The molecule has 2 aromatic rings. The van der Waals surface area contributed by atoms with Gasteiger partial charge in [-0.25, -0.2) is 9.40 Å². The number of hydrazine groups is 1. The van der Waals surface area contributed by atoms with Crippen LogP contribution in [0.1, 0.15) is 43.0 Å². The predicted molar refractivity (Wildman–Crippen MR) is 150 cm³/mol. The molecule has 1 aliphatic rings. The summed E-state index contributed by atoms with van der Waals surface area (Å²) >= 11 is 6.26. The third-order valence-electron chi connectivity index (χ3n) is 6.68. The molecule has 3 rings (SSSR count). The summed E-state index contributed by atoms with van der Waals surface area (Å²) < 4.78 is 30.1. The summed E-state index contributed by atoms with van der Waals surface area (Å²) in [5.41, 5.74) is 6.38. The minimum Gasteiger partial charge on any atom is -0.496 e. The molecule has 2 N–H and O–H groups in total. The van der Waals surface area contributed by atoms with Crippen molar-refractivity contribution in [2.24, 2.45) is 0 Å². The van der Waals surface area contributed by atoms with Crippen LogP contribution < -0.4 is 15.2 Å². The summed E-state index contributed by atoms with van der Waals surface area (Å²) in [5.74, 6) is -0.380. The van der Waals surface area contributed by atoms with Gasteiger partial charge in [-0.2, -0.15) is 0 Å². The largest absolute Gasteiger partial charge is 0.496 e. The van der Waals surface area contributed by atoms with Gasteiger partial charge in [0, 0.05) is 46.3 Å². The van der Waals surface area contributed by atoms with Crippen molar-refractivity contribution >= 4 is 29.2 Å². The Balaban J connectivity index is 1.74. The van der Waals surface area contributed by atoms with Gasteiger partial charge in [0.25, 0.3) is 5.91 Å². The standard InChI is InChI=1S/C28H38ClFN4O6/c1-5-7-27(35)40-32(2)34(28(36)21-16-22(29)23(31)17-25(21)37-3)24-12-14-33(18-26(24)38-4)13-6-15-39-20-10-8-19(30)9-11-20/h8-11,16-17,24,26H,5-7,12-15,18,31H2,1-4H3/t24-,26+/m1/s1. The first-order valence-electron chi connectivity index (χ1n) is 13.2. The minimum atomic E-state index is -0.473. The van der Waals surface area contributed by atoms with E-state index < -0.39 is 24.0 Å². The third-order valence-corrected chi connectivity index (χ3v) is 7.00. The number of methoxy groups -OCH3 is 2. The molecule has 1 aliphatic heterocycles. The van der Waals surface area contributed by atoms with Crippen molar-refractivity contribution in [3.8, 4) is 11.5 Å². The lowest BCUT2D eigenvalue weighted by Crippen LogP contribution is -2.61. The average Bonchev–Trinajstić information content (AvgIpc) is 2.93. The molecule has 220 valence electrons. The monoisotopic (exact) mass is 580 g/mol. The Morgan fingerprint density at radius 1 is 1.20 bits per heavy atom. The van der Waals surface area contributed by atoms with E-state index in [1.54, 1.807) is 19.2 Å². The molecule has 10 nitrogen and oxygen atoms in total. The Labute approximate surface area is 239 Å². The second-order valence-corrected chi connectivity index (χ2v) is 9.90. The maximum Gasteiger partial charge on any atom is 0.327 e. The number of carbonyl (C=O) groups excluding carboxylic acids is 2. The number of nitrogens with two attached hydrogens (primary N) is 1. The van der Waals surface area contributed by atoms with E-state index in [1.807, 2.05) is 6.92 Å². The number of benzene rings is 2. The van der Waals surface area contributed by atoms with E-state index in [1.165, 1.54) is 48.6 Å². The van der Waals surface area contributed by atoms with E-state index in [2.05, 4.69) is 4.90 Å². The highest BCUT2D eigenvalue weighted by Gasteiger charge is 2.40. The van der Waals surface area contributed by atoms with E-state index in [0.29, 0.717) is 38.3 Å². The number of halogens is 2. The summed E-state index contributed by atoms with van der Waals surface area (Å²) in [6, 6.07) is 8.40. The summed E-state index contributed by atoms with van der Waals surface area (Å²) in [7, 11) is 4.54. The van der Waals surface area contributed by atoms with Gasteiger partial charge in [-0.05, 0) is 54.8 Å². The molecule has 0 radical (unpaired) electrons. The Hall–Kier alpha value is -3.12. The van der Waals surface area contributed by atoms with E-state index in [0.717, 1.165) is 13.0 Å². The van der Waals surface area contributed by atoms with Gasteiger partial charge in [0.1, 0.15) is 17.3 Å². The fourth-order valence-corrected chi connectivity index (χ4v) is 4.81. The average molecular weight is 581 g/mol. The SMILES string of the molecule is CCCC(=O)ON(C)N(C(=O)c1cc(Cl)c(N)cc1OC)[C@@H]1CCN(CCCOc2ccc(F)cc2)C[C@@H]1OC. The number of nitrogen functional groups attached to an aromatic ring is 1. The van der Waals surface area contributed by atoms with E-state index in [4.69, 9.17) is 36.4 Å². The van der Waals surface area contributed by atoms with Gasteiger partial charge >= 0.3 is 5.97 Å². The van der Waals surface area contributed by atoms with Crippen LogP contribution in [0.25, 0.3) is 0 Å². The normalized spacial score (nSPS) is 17.5. The maximum absolute atomic E-state index is 14.0. The number of rotatable bonds is 13. The van der Waals surface area contributed by atoms with Crippen molar-refractivity contribution in [1.82, 2.24) is 15.1 Å². The van der Waals surface area contributed by atoms with Gasteiger partial charge < -0.3 is 29.7 Å². The lowest BCUT2D eigenvalue weighted by Gasteiger charge is -2.45. The topological polar surface area (TPSA) is 107 Å². The highest BCUT2D eigenvalue weighted by Crippen LogP contribution is 2.32. The molecule has 1 fully saturated rings. The zero-order valence-corrected chi connectivity index (χ0v) is 24.2. The number of hydrogen-bond donors (Lipinski definition) is 1. The minimum absolute atomic E-state index is 0.176. The van der Waals surface area contributed by atoms with Crippen molar-refractivity contribution in [2.45, 2.75) is 44.8 Å². The molecular weight excluding hydrogens is 543 g/mol. The first-order chi connectivity index (χ1) is 19.2. The molecule has 0 unspecified atom stereocenters. The van der Waals surface area contributed by atoms with Crippen LogP contribution in [-0.2, 0) is 14.4 Å². The quantitative estimate of drug-likeness (QED) is 0.212. The Morgan fingerprint density at radius 3 is 2.58 bits per heavy atom. The molecule has 0 bridgehead atoms. The lowest BCUT2D eigenvalue weighted by atomic mass is 9.99. The van der Waals surface area contributed by atoms with Gasteiger partial charge in [-0.3, -0.25) is 9.59 Å². The predicted octanol–water partition coefficient (Wildman–Crippen LogP) is 4.18. The van der Waals surface area contributed by atoms with Crippen molar-refractivity contribution in [1.29, 1.82) is 0 Å². The number of anilines is 1. The van der Waals surface area contributed by atoms with Crippen molar-refractivity contribution in [3.63, 3.8) is 0 Å². The number of likely N-dealkylation sites (tertiary alicyclic amines) is 1. The van der Waals surface area contributed by atoms with Crippen molar-refractivity contribution in [2.75, 3.05) is 53.2 Å². The van der Waals surface area contributed by atoms with E-state index in [-0.39, 0.29) is 34.3 Å². The van der Waals surface area contributed by atoms with E-state index in [9.17, 15) is 14.0 Å². The first-order valence-corrected chi connectivity index (χ1v) is 13.6. The molecule has 1 heterocycles. The molecule has 0 saturated carbocycles. The summed E-state index contributed by atoms with van der Waals surface area (Å²) in [6.07, 6.45) is 1.71. The highest BCUT2D eigenvalue weighted by atomic mass is 35.5. The fourth-order valence-electron chi connectivity index (χ4n) is 4.65. The molecule has 12 heteroatoms. The van der Waals surface area contributed by atoms with Gasteiger partial charge in [0.15, 0.2) is 0 Å². The fraction of sp³-hybridized carbons (Fsp3) is 0.500. The summed E-state index contributed by atoms with van der Waals surface area (Å²) in [6.45, 7) is 4.29. The van der Waals surface area contributed by atoms with Crippen LogP contribution in [0.15, 0.2) is 36.4 Å². The number of hydroxylamine groups is 1. The number of carbonyl (C=O) groups is 2. The van der Waals surface area contributed by atoms with Gasteiger partial charge in [0.05, 0.1) is 42.1 Å². The Morgan fingerprint density at radius 2 is 1.93 bits per heavy atom. The van der Waals surface area contributed by atoms with Gasteiger partial charge in [-0.1, -0.05) is 18.5 Å². The molecule has 1 saturated heterocycles. The number of hydrogen-bond acceptors (Lipinski definition) is 9. The second-order valence-electron chi connectivity index (χ2n) is 9.49. The molecule has 1 amide bonds. The lowest BCUT2D eigenvalue weighted by molar-refractivity contribution is -0.258. The molecule has 0 spiro atoms. The smallest absolute Gasteiger partial charge is 0.327 e. The molecule has 2 aromatic carbocycles. The van der Waals surface area contributed by atoms with Crippen LogP contribution in [0, 0.1) is 5.82 Å². The zero-order chi connectivity index (χ0) is 29.2. The molecular formula is C28H38ClFN4O6. The number of nitrogens with zero attached hydrogens (tertiary/aromatic N) is 3. The van der Waals surface area contributed by atoms with Crippen LogP contribution in [-0.4, -0.2) is 86.6 Å². The molecule has 0 aliphatic carbocycles. The van der Waals surface area contributed by atoms with Crippen molar-refractivity contribution in [3.05, 3.63) is 52.8 Å². The van der Waals surface area contributed by atoms with E-state index >= 15 is 0 Å². The van der Waals surface area contributed by atoms with Crippen molar-refractivity contribution < 1.29 is 33.0 Å². The van der Waals surface area contributed by atoms with Crippen LogP contribution >= 0.6 is 11.6 Å².